The Morgan fingerprint density at radius 3 is 2.70 bits per heavy atom. The van der Waals surface area contributed by atoms with Crippen LogP contribution in [0, 0.1) is 0 Å². The second-order valence-corrected chi connectivity index (χ2v) is 5.05. The number of nitrogens with zero attached hydrogens (tertiary/aromatic N) is 1. The SMILES string of the molecule is CCCCCNC(=NC)Nc1cccc(OCCCOC)c1.I. The molecule has 1 rings (SSSR count). The fourth-order valence-electron chi connectivity index (χ4n) is 1.95. The zero-order valence-electron chi connectivity index (χ0n) is 14.4. The molecular formula is C17H30IN3O2. The van der Waals surface area contributed by atoms with Gasteiger partial charge in [0.2, 0.25) is 0 Å². The Morgan fingerprint density at radius 2 is 2.00 bits per heavy atom. The molecule has 0 fully saturated rings. The lowest BCUT2D eigenvalue weighted by atomic mass is 10.2. The van der Waals surface area contributed by atoms with Gasteiger partial charge in [-0.05, 0) is 18.6 Å². The van der Waals surface area contributed by atoms with Crippen LogP contribution in [-0.2, 0) is 4.74 Å². The molecule has 0 atom stereocenters. The third kappa shape index (κ3) is 10.4. The summed E-state index contributed by atoms with van der Waals surface area (Å²) in [6.07, 6.45) is 4.49. The molecule has 6 heteroatoms. The summed E-state index contributed by atoms with van der Waals surface area (Å²) in [5.41, 5.74) is 0.966. The Hall–Kier alpha value is -1.02. The molecule has 1 aromatic rings. The topological polar surface area (TPSA) is 54.9 Å². The van der Waals surface area contributed by atoms with Crippen LogP contribution in [-0.4, -0.2) is 39.9 Å². The Bertz CT molecular complexity index is 442. The van der Waals surface area contributed by atoms with E-state index in [1.54, 1.807) is 14.2 Å². The number of benzene rings is 1. The van der Waals surface area contributed by atoms with E-state index in [-0.39, 0.29) is 24.0 Å². The summed E-state index contributed by atoms with van der Waals surface area (Å²) < 4.78 is 10.7. The quantitative estimate of drug-likeness (QED) is 0.253. The molecule has 0 unspecified atom stereocenters. The molecular weight excluding hydrogens is 405 g/mol. The lowest BCUT2D eigenvalue weighted by molar-refractivity contribution is 0.172. The first-order valence-electron chi connectivity index (χ1n) is 7.99. The fourth-order valence-corrected chi connectivity index (χ4v) is 1.95. The van der Waals surface area contributed by atoms with Gasteiger partial charge in [0.15, 0.2) is 5.96 Å². The maximum absolute atomic E-state index is 5.70. The van der Waals surface area contributed by atoms with Crippen LogP contribution >= 0.6 is 24.0 Å². The highest BCUT2D eigenvalue weighted by molar-refractivity contribution is 14.0. The van der Waals surface area contributed by atoms with Gasteiger partial charge >= 0.3 is 0 Å². The van der Waals surface area contributed by atoms with Gasteiger partial charge in [0.05, 0.1) is 6.61 Å². The lowest BCUT2D eigenvalue weighted by Gasteiger charge is -2.13. The molecule has 0 bridgehead atoms. The van der Waals surface area contributed by atoms with Gasteiger partial charge in [-0.1, -0.05) is 25.8 Å². The van der Waals surface area contributed by atoms with Crippen molar-refractivity contribution in [3.63, 3.8) is 0 Å². The van der Waals surface area contributed by atoms with E-state index in [4.69, 9.17) is 9.47 Å². The zero-order chi connectivity index (χ0) is 16.0. The van der Waals surface area contributed by atoms with E-state index in [1.807, 2.05) is 24.3 Å². The summed E-state index contributed by atoms with van der Waals surface area (Å²) in [7, 11) is 3.48. The van der Waals surface area contributed by atoms with Gasteiger partial charge in [-0.15, -0.1) is 24.0 Å². The molecule has 0 saturated carbocycles. The van der Waals surface area contributed by atoms with Crippen molar-refractivity contribution in [2.75, 3.05) is 39.2 Å². The number of aliphatic imine (C=N–C) groups is 1. The van der Waals surface area contributed by atoms with E-state index in [9.17, 15) is 0 Å². The standard InChI is InChI=1S/C17H29N3O2.HI/c1-4-5-6-11-19-17(18-2)20-15-9-7-10-16(14-15)22-13-8-12-21-3;/h7,9-10,14H,4-6,8,11-13H2,1-3H3,(H2,18,19,20);1H. The third-order valence-corrected chi connectivity index (χ3v) is 3.15. The number of hydrogen-bond acceptors (Lipinski definition) is 3. The van der Waals surface area contributed by atoms with Crippen LogP contribution in [0.3, 0.4) is 0 Å². The number of rotatable bonds is 10. The molecule has 132 valence electrons. The first-order valence-corrected chi connectivity index (χ1v) is 7.99. The molecule has 0 aliphatic heterocycles. The van der Waals surface area contributed by atoms with Crippen LogP contribution in [0.25, 0.3) is 0 Å². The predicted octanol–water partition coefficient (Wildman–Crippen LogP) is 3.90. The Kier molecular flexibility index (Phi) is 13.9. The molecule has 5 nitrogen and oxygen atoms in total. The van der Waals surface area contributed by atoms with Crippen molar-refractivity contribution in [3.8, 4) is 5.75 Å². The van der Waals surface area contributed by atoms with Gasteiger partial charge in [-0.3, -0.25) is 4.99 Å². The van der Waals surface area contributed by atoms with E-state index < -0.39 is 0 Å². The minimum Gasteiger partial charge on any atom is -0.493 e. The minimum atomic E-state index is 0. The fraction of sp³-hybridized carbons (Fsp3) is 0.588. The number of unbranched alkanes of at least 4 members (excludes halogenated alkanes) is 2. The Morgan fingerprint density at radius 1 is 1.17 bits per heavy atom. The maximum Gasteiger partial charge on any atom is 0.195 e. The first kappa shape index (κ1) is 22.0. The summed E-state index contributed by atoms with van der Waals surface area (Å²) >= 11 is 0. The van der Waals surface area contributed by atoms with Crippen molar-refractivity contribution in [1.29, 1.82) is 0 Å². The number of methoxy groups -OCH3 is 1. The molecule has 0 radical (unpaired) electrons. The van der Waals surface area contributed by atoms with E-state index in [0.29, 0.717) is 13.2 Å². The van der Waals surface area contributed by atoms with E-state index in [2.05, 4.69) is 22.5 Å². The van der Waals surface area contributed by atoms with Crippen LogP contribution in [0.1, 0.15) is 32.6 Å². The van der Waals surface area contributed by atoms with Crippen LogP contribution in [0.2, 0.25) is 0 Å². The molecule has 0 aliphatic rings. The lowest BCUT2D eigenvalue weighted by Crippen LogP contribution is -2.31. The summed E-state index contributed by atoms with van der Waals surface area (Å²) in [4.78, 5) is 4.23. The molecule has 0 saturated heterocycles. The average Bonchev–Trinajstić information content (AvgIpc) is 2.55. The second kappa shape index (κ2) is 14.6. The molecule has 0 spiro atoms. The largest absolute Gasteiger partial charge is 0.493 e. The normalized spacial score (nSPS) is 10.8. The molecule has 23 heavy (non-hydrogen) atoms. The molecule has 0 aromatic heterocycles. The third-order valence-electron chi connectivity index (χ3n) is 3.15. The van der Waals surface area contributed by atoms with Crippen molar-refractivity contribution in [2.45, 2.75) is 32.6 Å². The predicted molar refractivity (Wildman–Crippen MR) is 108 cm³/mol. The number of hydrogen-bond donors (Lipinski definition) is 2. The van der Waals surface area contributed by atoms with Gasteiger partial charge in [-0.25, -0.2) is 0 Å². The Labute approximate surface area is 157 Å². The number of guanidine groups is 1. The van der Waals surface area contributed by atoms with E-state index >= 15 is 0 Å². The van der Waals surface area contributed by atoms with Crippen molar-refractivity contribution >= 4 is 35.6 Å². The van der Waals surface area contributed by atoms with Crippen LogP contribution in [0.15, 0.2) is 29.3 Å². The molecule has 0 heterocycles. The smallest absolute Gasteiger partial charge is 0.195 e. The van der Waals surface area contributed by atoms with Crippen LogP contribution in [0.4, 0.5) is 5.69 Å². The van der Waals surface area contributed by atoms with Gasteiger partial charge in [0, 0.05) is 45.5 Å². The van der Waals surface area contributed by atoms with Crippen LogP contribution in [0.5, 0.6) is 5.75 Å². The highest BCUT2D eigenvalue weighted by atomic mass is 127. The van der Waals surface area contributed by atoms with Crippen LogP contribution < -0.4 is 15.4 Å². The number of anilines is 1. The van der Waals surface area contributed by atoms with E-state index in [1.165, 1.54) is 12.8 Å². The van der Waals surface area contributed by atoms with E-state index in [0.717, 1.165) is 36.8 Å². The summed E-state index contributed by atoms with van der Waals surface area (Å²) in [6, 6.07) is 7.90. The molecule has 0 aliphatic carbocycles. The maximum atomic E-state index is 5.70. The Balaban J connectivity index is 0.00000484. The first-order chi connectivity index (χ1) is 10.8. The van der Waals surface area contributed by atoms with Crippen molar-refractivity contribution in [2.24, 2.45) is 4.99 Å². The molecule has 0 amide bonds. The van der Waals surface area contributed by atoms with Gasteiger partial charge in [0.1, 0.15) is 5.75 Å². The number of nitrogens with one attached hydrogen (secondary N) is 2. The van der Waals surface area contributed by atoms with Gasteiger partial charge in [-0.2, -0.15) is 0 Å². The zero-order valence-corrected chi connectivity index (χ0v) is 16.8. The average molecular weight is 435 g/mol. The summed E-state index contributed by atoms with van der Waals surface area (Å²) in [5.74, 6) is 1.63. The second-order valence-electron chi connectivity index (χ2n) is 5.05. The van der Waals surface area contributed by atoms with Gasteiger partial charge in [0.25, 0.3) is 0 Å². The molecule has 2 N–H and O–H groups in total. The highest BCUT2D eigenvalue weighted by Gasteiger charge is 2.01. The van der Waals surface area contributed by atoms with Crippen molar-refractivity contribution in [3.05, 3.63) is 24.3 Å². The van der Waals surface area contributed by atoms with Gasteiger partial charge < -0.3 is 20.1 Å². The summed E-state index contributed by atoms with van der Waals surface area (Å²) in [5, 5.41) is 6.60. The minimum absolute atomic E-state index is 0. The number of halogens is 1. The summed E-state index contributed by atoms with van der Waals surface area (Å²) in [6.45, 7) is 4.50. The monoisotopic (exact) mass is 435 g/mol. The molecule has 1 aromatic carbocycles. The number of ether oxygens (including phenoxy) is 2. The van der Waals surface area contributed by atoms with Crippen molar-refractivity contribution in [1.82, 2.24) is 5.32 Å². The van der Waals surface area contributed by atoms with Crippen molar-refractivity contribution < 1.29 is 9.47 Å². The highest BCUT2D eigenvalue weighted by Crippen LogP contribution is 2.17.